The fourth-order valence-corrected chi connectivity index (χ4v) is 2.51. The van der Waals surface area contributed by atoms with Crippen molar-refractivity contribution >= 4 is 11.6 Å². The Kier molecular flexibility index (Phi) is 6.87. The Morgan fingerprint density at radius 3 is 2.48 bits per heavy atom. The number of nitrogens with one attached hydrogen (secondary N) is 1. The summed E-state index contributed by atoms with van der Waals surface area (Å²) in [7, 11) is 0. The first kappa shape index (κ1) is 18.8. The van der Waals surface area contributed by atoms with Gasteiger partial charge >= 0.3 is 0 Å². The smallest absolute Gasteiger partial charge is 0.255 e. The van der Waals surface area contributed by atoms with E-state index in [4.69, 9.17) is 9.47 Å². The van der Waals surface area contributed by atoms with Crippen molar-refractivity contribution in [3.05, 3.63) is 53.1 Å². The van der Waals surface area contributed by atoms with E-state index >= 15 is 0 Å². The van der Waals surface area contributed by atoms with Crippen molar-refractivity contribution in [3.63, 3.8) is 0 Å². The maximum Gasteiger partial charge on any atom is 0.255 e. The second-order valence-corrected chi connectivity index (χ2v) is 6.07. The predicted molar refractivity (Wildman–Crippen MR) is 102 cm³/mol. The molecule has 2 aromatic rings. The molecule has 0 aromatic heterocycles. The molecule has 1 N–H and O–H groups in total. The number of rotatable bonds is 8. The summed E-state index contributed by atoms with van der Waals surface area (Å²) in [6.07, 6.45) is 2.06. The van der Waals surface area contributed by atoms with E-state index in [-0.39, 0.29) is 5.91 Å². The molecule has 0 aliphatic rings. The Balaban J connectivity index is 2.17. The molecule has 134 valence electrons. The van der Waals surface area contributed by atoms with E-state index in [9.17, 15) is 4.79 Å². The third kappa shape index (κ3) is 5.24. The Morgan fingerprint density at radius 2 is 1.80 bits per heavy atom. The number of aryl methyl sites for hydroxylation is 2. The normalized spacial score (nSPS) is 10.4. The fourth-order valence-electron chi connectivity index (χ4n) is 2.51. The topological polar surface area (TPSA) is 47.6 Å². The number of hydrogen-bond donors (Lipinski definition) is 1. The lowest BCUT2D eigenvalue weighted by Crippen LogP contribution is -2.13. The SMILES string of the molecule is CCCCOc1ccc(C(=O)Nc2ccc(C)cc2C)cc1OCC. The van der Waals surface area contributed by atoms with Gasteiger partial charge in [0.1, 0.15) is 0 Å². The highest BCUT2D eigenvalue weighted by Gasteiger charge is 2.13. The van der Waals surface area contributed by atoms with Crippen LogP contribution in [0.3, 0.4) is 0 Å². The average Bonchev–Trinajstić information content (AvgIpc) is 2.59. The van der Waals surface area contributed by atoms with Crippen molar-refractivity contribution in [3.8, 4) is 11.5 Å². The maximum absolute atomic E-state index is 12.6. The second kappa shape index (κ2) is 9.11. The first-order valence-electron chi connectivity index (χ1n) is 8.83. The zero-order valence-corrected chi connectivity index (χ0v) is 15.5. The van der Waals surface area contributed by atoms with E-state index in [0.29, 0.717) is 30.3 Å². The van der Waals surface area contributed by atoms with Crippen LogP contribution in [-0.2, 0) is 0 Å². The standard InChI is InChI=1S/C21H27NO3/c1-5-7-12-25-19-11-9-17(14-20(19)24-6-2)21(23)22-18-10-8-15(3)13-16(18)4/h8-11,13-14H,5-7,12H2,1-4H3,(H,22,23). The molecule has 0 radical (unpaired) electrons. The molecule has 0 saturated carbocycles. The van der Waals surface area contributed by atoms with Gasteiger partial charge in [-0.1, -0.05) is 31.0 Å². The minimum absolute atomic E-state index is 0.159. The molecule has 2 rings (SSSR count). The van der Waals surface area contributed by atoms with Crippen LogP contribution in [0.15, 0.2) is 36.4 Å². The van der Waals surface area contributed by atoms with Gasteiger partial charge in [0, 0.05) is 11.3 Å². The van der Waals surface area contributed by atoms with Gasteiger partial charge in [0.05, 0.1) is 13.2 Å². The van der Waals surface area contributed by atoms with Crippen molar-refractivity contribution in [2.75, 3.05) is 18.5 Å². The average molecular weight is 341 g/mol. The number of carbonyl (C=O) groups excluding carboxylic acids is 1. The molecule has 0 bridgehead atoms. The van der Waals surface area contributed by atoms with Crippen LogP contribution in [0, 0.1) is 13.8 Å². The van der Waals surface area contributed by atoms with Gasteiger partial charge in [-0.25, -0.2) is 0 Å². The number of carbonyl (C=O) groups is 1. The van der Waals surface area contributed by atoms with E-state index in [1.165, 1.54) is 5.56 Å². The highest BCUT2D eigenvalue weighted by atomic mass is 16.5. The monoisotopic (exact) mass is 341 g/mol. The first-order valence-corrected chi connectivity index (χ1v) is 8.83. The largest absolute Gasteiger partial charge is 0.490 e. The van der Waals surface area contributed by atoms with Crippen LogP contribution >= 0.6 is 0 Å². The Hall–Kier alpha value is -2.49. The molecule has 0 atom stereocenters. The van der Waals surface area contributed by atoms with Crippen LogP contribution in [0.2, 0.25) is 0 Å². The summed E-state index contributed by atoms with van der Waals surface area (Å²) >= 11 is 0. The molecule has 0 aliphatic carbocycles. The maximum atomic E-state index is 12.6. The lowest BCUT2D eigenvalue weighted by Gasteiger charge is -2.14. The first-order chi connectivity index (χ1) is 12.0. The summed E-state index contributed by atoms with van der Waals surface area (Å²) in [5.41, 5.74) is 3.57. The van der Waals surface area contributed by atoms with Crippen LogP contribution in [0.5, 0.6) is 11.5 Å². The quantitative estimate of drug-likeness (QED) is 0.677. The van der Waals surface area contributed by atoms with Gasteiger partial charge in [-0.15, -0.1) is 0 Å². The summed E-state index contributed by atoms with van der Waals surface area (Å²) in [6.45, 7) is 9.21. The molecule has 0 fully saturated rings. The van der Waals surface area contributed by atoms with Crippen LogP contribution < -0.4 is 14.8 Å². The summed E-state index contributed by atoms with van der Waals surface area (Å²) in [5.74, 6) is 1.12. The van der Waals surface area contributed by atoms with Crippen LogP contribution in [-0.4, -0.2) is 19.1 Å². The molecule has 4 heteroatoms. The minimum atomic E-state index is -0.159. The van der Waals surface area contributed by atoms with Gasteiger partial charge in [0.2, 0.25) is 0 Å². The van der Waals surface area contributed by atoms with Gasteiger partial charge in [0.15, 0.2) is 11.5 Å². The van der Waals surface area contributed by atoms with Crippen molar-refractivity contribution in [2.24, 2.45) is 0 Å². The minimum Gasteiger partial charge on any atom is -0.490 e. The zero-order chi connectivity index (χ0) is 18.2. The number of hydrogen-bond acceptors (Lipinski definition) is 3. The lowest BCUT2D eigenvalue weighted by atomic mass is 10.1. The second-order valence-electron chi connectivity index (χ2n) is 6.07. The molecule has 1 amide bonds. The van der Waals surface area contributed by atoms with E-state index in [0.717, 1.165) is 24.1 Å². The zero-order valence-electron chi connectivity index (χ0n) is 15.5. The summed E-state index contributed by atoms with van der Waals surface area (Å²) in [5, 5.41) is 2.96. The van der Waals surface area contributed by atoms with Crippen LogP contribution in [0.4, 0.5) is 5.69 Å². The molecule has 4 nitrogen and oxygen atoms in total. The van der Waals surface area contributed by atoms with E-state index in [1.807, 2.05) is 39.0 Å². The molecule has 2 aromatic carbocycles. The van der Waals surface area contributed by atoms with Crippen LogP contribution in [0.1, 0.15) is 48.2 Å². The third-order valence-corrected chi connectivity index (χ3v) is 3.89. The Morgan fingerprint density at radius 1 is 1.00 bits per heavy atom. The molecule has 0 saturated heterocycles. The van der Waals surface area contributed by atoms with Crippen molar-refractivity contribution in [2.45, 2.75) is 40.5 Å². The molecular formula is C21H27NO3. The van der Waals surface area contributed by atoms with Gasteiger partial charge in [-0.3, -0.25) is 4.79 Å². The molecular weight excluding hydrogens is 314 g/mol. The van der Waals surface area contributed by atoms with E-state index < -0.39 is 0 Å². The highest BCUT2D eigenvalue weighted by Crippen LogP contribution is 2.29. The van der Waals surface area contributed by atoms with Crippen molar-refractivity contribution in [1.29, 1.82) is 0 Å². The van der Waals surface area contributed by atoms with Crippen LogP contribution in [0.25, 0.3) is 0 Å². The van der Waals surface area contributed by atoms with Crippen molar-refractivity contribution < 1.29 is 14.3 Å². The molecule has 25 heavy (non-hydrogen) atoms. The Labute approximate surface area is 150 Å². The number of ether oxygens (including phenoxy) is 2. The summed E-state index contributed by atoms with van der Waals surface area (Å²) < 4.78 is 11.4. The van der Waals surface area contributed by atoms with Gasteiger partial charge in [0.25, 0.3) is 5.91 Å². The summed E-state index contributed by atoms with van der Waals surface area (Å²) in [4.78, 5) is 12.6. The Bertz CT molecular complexity index is 725. The summed E-state index contributed by atoms with van der Waals surface area (Å²) in [6, 6.07) is 11.3. The predicted octanol–water partition coefficient (Wildman–Crippen LogP) is 5.13. The van der Waals surface area contributed by atoms with Crippen molar-refractivity contribution in [1.82, 2.24) is 0 Å². The number of unbranched alkanes of at least 4 members (excludes halogenated alkanes) is 1. The molecule has 0 spiro atoms. The van der Waals surface area contributed by atoms with Gasteiger partial charge < -0.3 is 14.8 Å². The lowest BCUT2D eigenvalue weighted by molar-refractivity contribution is 0.102. The van der Waals surface area contributed by atoms with E-state index in [1.54, 1.807) is 18.2 Å². The third-order valence-electron chi connectivity index (χ3n) is 3.89. The van der Waals surface area contributed by atoms with Gasteiger partial charge in [-0.2, -0.15) is 0 Å². The number of benzene rings is 2. The highest BCUT2D eigenvalue weighted by molar-refractivity contribution is 6.05. The number of amides is 1. The molecule has 0 aliphatic heterocycles. The number of anilines is 1. The van der Waals surface area contributed by atoms with E-state index in [2.05, 4.69) is 12.2 Å². The van der Waals surface area contributed by atoms with Gasteiger partial charge in [-0.05, 0) is 57.0 Å². The fraction of sp³-hybridized carbons (Fsp3) is 0.381. The molecule has 0 heterocycles. The molecule has 0 unspecified atom stereocenters.